The van der Waals surface area contributed by atoms with E-state index >= 15 is 0 Å². The number of rotatable bonds is 49. The van der Waals surface area contributed by atoms with Crippen LogP contribution in [0.5, 0.6) is 0 Å². The Labute approximate surface area is 353 Å². The molecule has 0 amide bonds. The van der Waals surface area contributed by atoms with Crippen molar-refractivity contribution in [2.75, 3.05) is 33.0 Å². The molecule has 0 N–H and O–H groups in total. The minimum atomic E-state index is 0.0672. The van der Waals surface area contributed by atoms with Gasteiger partial charge in [0.1, 0.15) is 6.10 Å². The standard InChI is InChI=1S/C53H102O3/c1-4-7-10-13-16-19-22-25-28-29-32-35-38-41-44-47-50-56-53(51-54-48-45-42-39-36-33-30-26-23-20-17-14-11-8-5-2)52-55-49-46-43-40-37-34-31-27-24-21-18-15-12-9-6-3/h20-21,23-25,28,53H,4-19,22,26-27,29-52H2,1-3H3. The van der Waals surface area contributed by atoms with Gasteiger partial charge in [0, 0.05) is 19.8 Å². The van der Waals surface area contributed by atoms with Gasteiger partial charge in [-0.25, -0.2) is 0 Å². The van der Waals surface area contributed by atoms with Gasteiger partial charge >= 0.3 is 0 Å². The van der Waals surface area contributed by atoms with Gasteiger partial charge in [0.2, 0.25) is 0 Å². The van der Waals surface area contributed by atoms with Crippen molar-refractivity contribution in [3.05, 3.63) is 36.5 Å². The SMILES string of the molecule is CCCCCCC=CCCCCCCCCOCC(COCCCCCCCCC=CCCCCCC)OCCCCCCCCC=CCCCCCCCC. The highest BCUT2D eigenvalue weighted by Gasteiger charge is 2.10. The highest BCUT2D eigenvalue weighted by molar-refractivity contribution is 4.82. The fraction of sp³-hybridized carbons (Fsp3) is 0.887. The maximum atomic E-state index is 6.34. The maximum Gasteiger partial charge on any atom is 0.104 e. The third kappa shape index (κ3) is 49.2. The first kappa shape index (κ1) is 55.1. The van der Waals surface area contributed by atoms with Gasteiger partial charge < -0.3 is 14.2 Å². The third-order valence-electron chi connectivity index (χ3n) is 11.2. The summed E-state index contributed by atoms with van der Waals surface area (Å²) in [6.07, 6.45) is 65.0. The van der Waals surface area contributed by atoms with Gasteiger partial charge in [0.15, 0.2) is 0 Å². The molecule has 3 nitrogen and oxygen atoms in total. The molecule has 332 valence electrons. The van der Waals surface area contributed by atoms with Gasteiger partial charge in [-0.2, -0.15) is 0 Å². The van der Waals surface area contributed by atoms with Crippen molar-refractivity contribution in [3.63, 3.8) is 0 Å². The fourth-order valence-corrected chi connectivity index (χ4v) is 7.37. The Morgan fingerprint density at radius 3 is 0.804 bits per heavy atom. The van der Waals surface area contributed by atoms with Crippen molar-refractivity contribution in [3.8, 4) is 0 Å². The predicted octanol–water partition coefficient (Wildman–Crippen LogP) is 18.0. The zero-order valence-electron chi connectivity index (χ0n) is 38.7. The molecule has 3 heteroatoms. The van der Waals surface area contributed by atoms with Crippen LogP contribution >= 0.6 is 0 Å². The first-order valence-corrected chi connectivity index (χ1v) is 25.6. The van der Waals surface area contributed by atoms with Crippen LogP contribution in [-0.4, -0.2) is 39.1 Å². The molecule has 0 fully saturated rings. The van der Waals surface area contributed by atoms with E-state index in [0.717, 1.165) is 39.1 Å². The van der Waals surface area contributed by atoms with Gasteiger partial charge in [-0.15, -0.1) is 0 Å². The summed E-state index contributed by atoms with van der Waals surface area (Å²) >= 11 is 0. The lowest BCUT2D eigenvalue weighted by Crippen LogP contribution is -2.26. The summed E-state index contributed by atoms with van der Waals surface area (Å²) in [5.41, 5.74) is 0. The van der Waals surface area contributed by atoms with Gasteiger partial charge in [0.25, 0.3) is 0 Å². The van der Waals surface area contributed by atoms with Crippen LogP contribution in [0, 0.1) is 0 Å². The second kappa shape index (κ2) is 52.1. The van der Waals surface area contributed by atoms with Crippen molar-refractivity contribution < 1.29 is 14.2 Å². The molecule has 0 atom stereocenters. The van der Waals surface area contributed by atoms with Crippen LogP contribution in [-0.2, 0) is 14.2 Å². The molecule has 0 aliphatic heterocycles. The van der Waals surface area contributed by atoms with E-state index in [4.69, 9.17) is 14.2 Å². The molecule has 0 radical (unpaired) electrons. The summed E-state index contributed by atoms with van der Waals surface area (Å²) in [7, 11) is 0. The molecular weight excluding hydrogens is 685 g/mol. The Balaban J connectivity index is 4.03. The van der Waals surface area contributed by atoms with Gasteiger partial charge in [-0.05, 0) is 96.3 Å². The number of unbranched alkanes of at least 4 members (excludes halogenated alkanes) is 32. The zero-order valence-corrected chi connectivity index (χ0v) is 38.7. The van der Waals surface area contributed by atoms with Crippen LogP contribution in [0.3, 0.4) is 0 Å². The van der Waals surface area contributed by atoms with E-state index in [1.54, 1.807) is 0 Å². The molecule has 0 spiro atoms. The van der Waals surface area contributed by atoms with E-state index in [1.807, 2.05) is 0 Å². The van der Waals surface area contributed by atoms with Gasteiger partial charge in [0.05, 0.1) is 13.2 Å². The molecule has 0 aromatic carbocycles. The van der Waals surface area contributed by atoms with Crippen LogP contribution in [0.15, 0.2) is 36.5 Å². The third-order valence-corrected chi connectivity index (χ3v) is 11.2. The summed E-state index contributed by atoms with van der Waals surface area (Å²) in [5.74, 6) is 0. The summed E-state index contributed by atoms with van der Waals surface area (Å²) in [4.78, 5) is 0. The van der Waals surface area contributed by atoms with Crippen LogP contribution in [0.1, 0.15) is 265 Å². The Morgan fingerprint density at radius 2 is 0.500 bits per heavy atom. The highest BCUT2D eigenvalue weighted by Crippen LogP contribution is 2.13. The average molecular weight is 787 g/mol. The number of ether oxygens (including phenoxy) is 3. The van der Waals surface area contributed by atoms with Crippen molar-refractivity contribution in [2.45, 2.75) is 271 Å². The minimum Gasteiger partial charge on any atom is -0.379 e. The van der Waals surface area contributed by atoms with Crippen LogP contribution in [0.4, 0.5) is 0 Å². The molecule has 0 aromatic heterocycles. The second-order valence-corrected chi connectivity index (χ2v) is 17.0. The Hall–Kier alpha value is -0.900. The van der Waals surface area contributed by atoms with Crippen molar-refractivity contribution in [2.24, 2.45) is 0 Å². The van der Waals surface area contributed by atoms with E-state index < -0.39 is 0 Å². The first-order valence-electron chi connectivity index (χ1n) is 25.6. The van der Waals surface area contributed by atoms with Crippen LogP contribution in [0.2, 0.25) is 0 Å². The number of hydrogen-bond donors (Lipinski definition) is 0. The second-order valence-electron chi connectivity index (χ2n) is 17.0. The Bertz CT molecular complexity index is 731. The first-order chi connectivity index (χ1) is 27.8. The molecule has 56 heavy (non-hydrogen) atoms. The van der Waals surface area contributed by atoms with E-state index in [0.29, 0.717) is 13.2 Å². The lowest BCUT2D eigenvalue weighted by atomic mass is 10.1. The molecule has 0 heterocycles. The lowest BCUT2D eigenvalue weighted by Gasteiger charge is -2.18. The van der Waals surface area contributed by atoms with E-state index in [9.17, 15) is 0 Å². The Morgan fingerprint density at radius 1 is 0.268 bits per heavy atom. The average Bonchev–Trinajstić information content (AvgIpc) is 3.21. The topological polar surface area (TPSA) is 27.7 Å². The van der Waals surface area contributed by atoms with Crippen molar-refractivity contribution >= 4 is 0 Å². The number of allylic oxidation sites excluding steroid dienone is 6. The van der Waals surface area contributed by atoms with Gasteiger partial charge in [-0.3, -0.25) is 0 Å². The summed E-state index contributed by atoms with van der Waals surface area (Å²) in [5, 5.41) is 0. The normalized spacial score (nSPS) is 12.7. The smallest absolute Gasteiger partial charge is 0.104 e. The largest absolute Gasteiger partial charge is 0.379 e. The molecule has 0 saturated carbocycles. The minimum absolute atomic E-state index is 0.0672. The van der Waals surface area contributed by atoms with Crippen molar-refractivity contribution in [1.82, 2.24) is 0 Å². The zero-order chi connectivity index (χ0) is 40.3. The van der Waals surface area contributed by atoms with Crippen LogP contribution in [0.25, 0.3) is 0 Å². The molecular formula is C53H102O3. The molecule has 0 saturated heterocycles. The molecule has 0 aliphatic rings. The van der Waals surface area contributed by atoms with Gasteiger partial charge in [-0.1, -0.05) is 205 Å². The molecule has 0 aromatic rings. The van der Waals surface area contributed by atoms with E-state index in [2.05, 4.69) is 57.2 Å². The maximum absolute atomic E-state index is 6.34. The quantitative estimate of drug-likeness (QED) is 0.0454. The lowest BCUT2D eigenvalue weighted by molar-refractivity contribution is -0.0616. The summed E-state index contributed by atoms with van der Waals surface area (Å²) < 4.78 is 18.6. The Kier molecular flexibility index (Phi) is 51.3. The van der Waals surface area contributed by atoms with E-state index in [1.165, 1.54) is 225 Å². The fourth-order valence-electron chi connectivity index (χ4n) is 7.37. The predicted molar refractivity (Wildman–Crippen MR) is 251 cm³/mol. The monoisotopic (exact) mass is 787 g/mol. The molecule has 0 bridgehead atoms. The number of hydrogen-bond acceptors (Lipinski definition) is 3. The summed E-state index contributed by atoms with van der Waals surface area (Å²) in [6.45, 7) is 10.7. The van der Waals surface area contributed by atoms with Crippen LogP contribution < -0.4 is 0 Å². The molecule has 0 unspecified atom stereocenters. The van der Waals surface area contributed by atoms with E-state index in [-0.39, 0.29) is 6.10 Å². The highest BCUT2D eigenvalue weighted by atomic mass is 16.6. The van der Waals surface area contributed by atoms with Crippen molar-refractivity contribution in [1.29, 1.82) is 0 Å². The molecule has 0 aliphatic carbocycles. The molecule has 0 rings (SSSR count). The summed E-state index contributed by atoms with van der Waals surface area (Å²) in [6, 6.07) is 0.